The maximum absolute atomic E-state index is 13.5. The number of anilines is 2. The van der Waals surface area contributed by atoms with Crippen molar-refractivity contribution in [2.24, 2.45) is 0 Å². The summed E-state index contributed by atoms with van der Waals surface area (Å²) < 4.78 is 0. The molecule has 3 aromatic rings. The molecule has 0 heterocycles. The van der Waals surface area contributed by atoms with Gasteiger partial charge in [-0.2, -0.15) is 0 Å². The van der Waals surface area contributed by atoms with E-state index in [1.807, 2.05) is 0 Å². The van der Waals surface area contributed by atoms with Crippen molar-refractivity contribution in [3.8, 4) is 0 Å². The summed E-state index contributed by atoms with van der Waals surface area (Å²) in [4.78, 5) is 49.8. The second kappa shape index (κ2) is 12.8. The predicted octanol–water partition coefficient (Wildman–Crippen LogP) is 3.31. The van der Waals surface area contributed by atoms with Gasteiger partial charge >= 0.3 is 0 Å². The lowest BCUT2D eigenvalue weighted by atomic mass is 9.82. The number of fused-ring (bicyclic) bond motifs is 2. The highest BCUT2D eigenvalue weighted by Crippen LogP contribution is 2.36. The molecule has 1 aliphatic rings. The van der Waals surface area contributed by atoms with Crippen LogP contribution >= 0.6 is 0 Å². The van der Waals surface area contributed by atoms with Crippen LogP contribution in [0.3, 0.4) is 0 Å². The molecule has 0 atom stereocenters. The van der Waals surface area contributed by atoms with Crippen LogP contribution in [0, 0.1) is 10.1 Å². The van der Waals surface area contributed by atoms with Crippen LogP contribution < -0.4 is 21.4 Å². The molecule has 0 aromatic heterocycles. The number of carbonyl (C=O) groups is 3. The minimum Gasteiger partial charge on any atom is -0.384 e. The molecular weight excluding hydrogens is 502 g/mol. The average Bonchev–Trinajstić information content (AvgIpc) is 2.94. The molecule has 1 aliphatic carbocycles. The number of nitrogens with one attached hydrogen (secondary N) is 4. The van der Waals surface area contributed by atoms with Gasteiger partial charge in [0.2, 0.25) is 5.91 Å². The number of amides is 1. The molecule has 1 amide bonds. The van der Waals surface area contributed by atoms with Gasteiger partial charge in [-0.1, -0.05) is 42.5 Å². The van der Waals surface area contributed by atoms with Gasteiger partial charge in [0.15, 0.2) is 11.6 Å². The van der Waals surface area contributed by atoms with Crippen LogP contribution in [0.2, 0.25) is 0 Å². The number of nitro benzene ring substituents is 1. The van der Waals surface area contributed by atoms with E-state index in [-0.39, 0.29) is 29.6 Å². The van der Waals surface area contributed by atoms with Gasteiger partial charge in [0, 0.05) is 60.3 Å². The van der Waals surface area contributed by atoms with Crippen LogP contribution in [0.5, 0.6) is 0 Å². The van der Waals surface area contributed by atoms with E-state index in [2.05, 4.69) is 21.4 Å². The second-order valence-corrected chi connectivity index (χ2v) is 9.00. The number of nitro groups is 1. The number of carbonyl (C=O) groups excluding carboxylic acids is 3. The van der Waals surface area contributed by atoms with Gasteiger partial charge in [-0.05, 0) is 25.0 Å². The SMILES string of the molecule is O=C(Cc1ccccc1[N+](=O)[O-])NCCCNc1ccc(NCCCNO)c2c1C(=O)c1ccccc1C2=O. The van der Waals surface area contributed by atoms with Crippen LogP contribution in [0.25, 0.3) is 0 Å². The zero-order chi connectivity index (χ0) is 27.8. The quantitative estimate of drug-likeness (QED) is 0.0989. The van der Waals surface area contributed by atoms with Gasteiger partial charge < -0.3 is 21.2 Å². The van der Waals surface area contributed by atoms with Gasteiger partial charge in [-0.3, -0.25) is 24.5 Å². The maximum Gasteiger partial charge on any atom is 0.273 e. The summed E-state index contributed by atoms with van der Waals surface area (Å²) in [6.45, 7) is 1.60. The van der Waals surface area contributed by atoms with E-state index in [1.54, 1.807) is 54.6 Å². The molecular formula is C28H29N5O6. The summed E-state index contributed by atoms with van der Waals surface area (Å²) in [7, 11) is 0. The average molecular weight is 532 g/mol. The smallest absolute Gasteiger partial charge is 0.273 e. The zero-order valence-electron chi connectivity index (χ0n) is 21.2. The lowest BCUT2D eigenvalue weighted by Gasteiger charge is -2.24. The van der Waals surface area contributed by atoms with Crippen LogP contribution in [-0.4, -0.2) is 53.8 Å². The summed E-state index contributed by atoms with van der Waals surface area (Å²) in [6, 6.07) is 16.4. The number of ketones is 2. The Bertz CT molecular complexity index is 1410. The first-order valence-electron chi connectivity index (χ1n) is 12.6. The van der Waals surface area contributed by atoms with Crippen LogP contribution in [0.4, 0.5) is 17.1 Å². The lowest BCUT2D eigenvalue weighted by molar-refractivity contribution is -0.385. The first-order valence-corrected chi connectivity index (χ1v) is 12.6. The summed E-state index contributed by atoms with van der Waals surface area (Å²) in [5.74, 6) is -0.819. The highest BCUT2D eigenvalue weighted by Gasteiger charge is 2.33. The Morgan fingerprint density at radius 2 is 1.31 bits per heavy atom. The molecule has 0 bridgehead atoms. The van der Waals surface area contributed by atoms with E-state index >= 15 is 0 Å². The fourth-order valence-electron chi connectivity index (χ4n) is 4.52. The Balaban J connectivity index is 1.41. The van der Waals surface area contributed by atoms with Crippen molar-refractivity contribution < 1.29 is 24.5 Å². The van der Waals surface area contributed by atoms with Crippen LogP contribution in [-0.2, 0) is 11.2 Å². The number of hydrogen-bond acceptors (Lipinski definition) is 9. The number of hydroxylamine groups is 1. The van der Waals surface area contributed by atoms with Crippen molar-refractivity contribution in [3.05, 3.63) is 98.6 Å². The highest BCUT2D eigenvalue weighted by molar-refractivity contribution is 6.31. The Morgan fingerprint density at radius 1 is 0.769 bits per heavy atom. The Hall–Kier alpha value is -4.61. The normalized spacial score (nSPS) is 11.9. The monoisotopic (exact) mass is 531 g/mol. The van der Waals surface area contributed by atoms with Crippen molar-refractivity contribution in [3.63, 3.8) is 0 Å². The number of para-hydroxylation sites is 1. The number of benzene rings is 3. The first kappa shape index (κ1) is 27.4. The molecule has 4 rings (SSSR count). The molecule has 39 heavy (non-hydrogen) atoms. The van der Waals surface area contributed by atoms with Crippen molar-refractivity contribution >= 4 is 34.5 Å². The van der Waals surface area contributed by atoms with E-state index in [1.165, 1.54) is 6.07 Å². The van der Waals surface area contributed by atoms with E-state index in [0.717, 1.165) is 0 Å². The fraction of sp³-hybridized carbons (Fsp3) is 0.250. The summed E-state index contributed by atoms with van der Waals surface area (Å²) in [6.07, 6.45) is 1.02. The third kappa shape index (κ3) is 6.28. The third-order valence-corrected chi connectivity index (χ3v) is 6.39. The molecule has 0 aliphatic heterocycles. The van der Waals surface area contributed by atoms with Gasteiger partial charge in [0.25, 0.3) is 5.69 Å². The zero-order valence-corrected chi connectivity index (χ0v) is 21.2. The van der Waals surface area contributed by atoms with Gasteiger partial charge in [-0.15, -0.1) is 0 Å². The minimum atomic E-state index is -0.509. The highest BCUT2D eigenvalue weighted by atomic mass is 16.6. The molecule has 0 unspecified atom stereocenters. The van der Waals surface area contributed by atoms with E-state index < -0.39 is 4.92 Å². The van der Waals surface area contributed by atoms with E-state index in [9.17, 15) is 24.5 Å². The number of hydrogen-bond donors (Lipinski definition) is 5. The van der Waals surface area contributed by atoms with Crippen molar-refractivity contribution in [1.82, 2.24) is 10.8 Å². The third-order valence-electron chi connectivity index (χ3n) is 6.39. The van der Waals surface area contributed by atoms with Crippen molar-refractivity contribution in [2.45, 2.75) is 19.3 Å². The lowest BCUT2D eigenvalue weighted by Crippen LogP contribution is -2.28. The molecule has 0 saturated heterocycles. The van der Waals surface area contributed by atoms with Gasteiger partial charge in [0.1, 0.15) is 0 Å². The maximum atomic E-state index is 13.5. The predicted molar refractivity (Wildman–Crippen MR) is 146 cm³/mol. The van der Waals surface area contributed by atoms with Gasteiger partial charge in [-0.25, -0.2) is 5.48 Å². The molecule has 3 aromatic carbocycles. The largest absolute Gasteiger partial charge is 0.384 e. The fourth-order valence-corrected chi connectivity index (χ4v) is 4.52. The van der Waals surface area contributed by atoms with Crippen molar-refractivity contribution in [2.75, 3.05) is 36.8 Å². The molecule has 0 spiro atoms. The standard InChI is InChI=1S/C28H29N5O6/c34-24(17-18-7-1-4-10-23(18)33(38)39)31-15-5-13-29-21-11-12-22(30-14-6-16-32-37)26-25(21)27(35)19-8-2-3-9-20(19)28(26)36/h1-4,7-12,29-30,32,37H,5-6,13-17H2,(H,31,34). The molecule has 0 fully saturated rings. The van der Waals surface area contributed by atoms with Crippen LogP contribution in [0.1, 0.15) is 50.2 Å². The molecule has 202 valence electrons. The topological polar surface area (TPSA) is 163 Å². The summed E-state index contributed by atoms with van der Waals surface area (Å²) >= 11 is 0. The van der Waals surface area contributed by atoms with E-state index in [4.69, 9.17) is 5.21 Å². The molecule has 0 saturated carbocycles. The number of nitrogens with zero attached hydrogens (tertiary/aromatic N) is 1. The summed E-state index contributed by atoms with van der Waals surface area (Å²) in [5.41, 5.74) is 4.71. The molecule has 11 nitrogen and oxygen atoms in total. The van der Waals surface area contributed by atoms with Crippen LogP contribution in [0.15, 0.2) is 60.7 Å². The Morgan fingerprint density at radius 3 is 1.87 bits per heavy atom. The first-order chi connectivity index (χ1) is 18.9. The molecule has 11 heteroatoms. The summed E-state index contributed by atoms with van der Waals surface area (Å²) in [5, 5.41) is 29.1. The van der Waals surface area contributed by atoms with E-state index in [0.29, 0.717) is 78.2 Å². The Labute approximate surface area is 224 Å². The van der Waals surface area contributed by atoms with Gasteiger partial charge in [0.05, 0.1) is 22.5 Å². The minimum absolute atomic E-state index is 0.0946. The molecule has 0 radical (unpaired) electrons. The molecule has 5 N–H and O–H groups in total. The number of rotatable bonds is 13. The second-order valence-electron chi connectivity index (χ2n) is 9.00. The van der Waals surface area contributed by atoms with Crippen molar-refractivity contribution in [1.29, 1.82) is 0 Å². The Kier molecular flexibility index (Phi) is 8.97.